The molecular weight excluding hydrogens is 612 g/mol. The van der Waals surface area contributed by atoms with Crippen molar-refractivity contribution in [1.82, 2.24) is 31.3 Å². The zero-order chi connectivity index (χ0) is 32.7. The topological polar surface area (TPSA) is 222 Å². The van der Waals surface area contributed by atoms with E-state index >= 15 is 0 Å². The van der Waals surface area contributed by atoms with Crippen LogP contribution in [0.25, 0.3) is 22.5 Å². The molecule has 1 saturated carbocycles. The molecule has 3 aromatic carbocycles. The average Bonchev–Trinajstić information content (AvgIpc) is 3.59. The molecule has 0 unspecified atom stereocenters. The van der Waals surface area contributed by atoms with E-state index in [1.54, 1.807) is 42.5 Å². The quantitative estimate of drug-likeness (QED) is 0.141. The van der Waals surface area contributed by atoms with Gasteiger partial charge in [0.1, 0.15) is 6.04 Å². The highest BCUT2D eigenvalue weighted by Crippen LogP contribution is 2.29. The average molecular weight is 647 g/mol. The third kappa shape index (κ3) is 8.51. The molecule has 0 aliphatic heterocycles. The summed E-state index contributed by atoms with van der Waals surface area (Å²) in [6, 6.07) is 19.6. The third-order valence-corrected chi connectivity index (χ3v) is 8.94. The van der Waals surface area contributed by atoms with Gasteiger partial charge in [-0.3, -0.25) is 9.59 Å². The molecule has 3 amide bonds. The minimum Gasteiger partial charge on any atom is -0.465 e. The molecule has 0 saturated heterocycles. The van der Waals surface area contributed by atoms with Gasteiger partial charge in [-0.25, -0.2) is 23.4 Å². The van der Waals surface area contributed by atoms with Gasteiger partial charge in [0.25, 0.3) is 0 Å². The van der Waals surface area contributed by atoms with E-state index in [4.69, 9.17) is 10.2 Å². The smallest absolute Gasteiger partial charge is 0.404 e. The van der Waals surface area contributed by atoms with Crippen LogP contribution < -0.4 is 21.1 Å². The number of rotatable bonds is 11. The highest BCUT2D eigenvalue weighted by molar-refractivity contribution is 7.89. The predicted octanol–water partition coefficient (Wildman–Crippen LogP) is 2.92. The van der Waals surface area contributed by atoms with Gasteiger partial charge in [0.15, 0.2) is 5.82 Å². The molecule has 5 rings (SSSR count). The van der Waals surface area contributed by atoms with Crippen LogP contribution in [-0.4, -0.2) is 64.6 Å². The van der Waals surface area contributed by atoms with Crippen LogP contribution in [0.3, 0.4) is 0 Å². The minimum absolute atomic E-state index is 0.0148. The number of nitrogens with zero attached hydrogens (tertiary/aromatic N) is 3. The highest BCUT2D eigenvalue weighted by atomic mass is 32.2. The van der Waals surface area contributed by atoms with Gasteiger partial charge in [0.05, 0.1) is 4.90 Å². The summed E-state index contributed by atoms with van der Waals surface area (Å²) >= 11 is 0. The molecule has 14 nitrogen and oxygen atoms in total. The standard InChI is InChI=1S/C31H34N8O6S/c32-46(44,45)26-6-2-5-24(17-26)23-4-1-3-20(15-23)16-27(35-29(40)22-9-7-19(8-10-22)18-33-31(42)43)30(41)34-25-13-11-21(12-14-25)28-36-38-39-37-28/h1-6,11-15,17,19,22,27,33H,7-10,16,18H2,(H,34,41)(H,35,40)(H,42,43)(H2,32,44,45)(H,36,37,38,39)/t19-,22-,27-/m0/s1. The number of benzene rings is 3. The number of carbonyl (C=O) groups excluding carboxylic acids is 2. The number of anilines is 1. The van der Waals surface area contributed by atoms with E-state index in [-0.39, 0.29) is 29.1 Å². The van der Waals surface area contributed by atoms with Gasteiger partial charge in [-0.1, -0.05) is 36.4 Å². The van der Waals surface area contributed by atoms with Crippen molar-refractivity contribution in [2.45, 2.75) is 43.0 Å². The SMILES string of the molecule is NS(=O)(=O)c1cccc(-c2cccc(C[C@H](NC(=O)[C@H]3CC[C@H](CNC(=O)O)CC3)C(=O)Nc3ccc(-c4nnn[nH]4)cc3)c2)c1. The van der Waals surface area contributed by atoms with Crippen LogP contribution in [0.1, 0.15) is 31.2 Å². The van der Waals surface area contributed by atoms with Crippen LogP contribution in [0.2, 0.25) is 0 Å². The first-order valence-electron chi connectivity index (χ1n) is 14.7. The van der Waals surface area contributed by atoms with E-state index in [1.165, 1.54) is 12.1 Å². The van der Waals surface area contributed by atoms with Gasteiger partial charge in [-0.15, -0.1) is 5.10 Å². The molecule has 4 aromatic rings. The first-order valence-corrected chi connectivity index (χ1v) is 16.2. The number of amides is 3. The fraction of sp³-hybridized carbons (Fsp3) is 0.290. The Morgan fingerprint density at radius 2 is 1.63 bits per heavy atom. The second-order valence-corrected chi connectivity index (χ2v) is 12.8. The maximum absolute atomic E-state index is 13.7. The number of aromatic nitrogens is 4. The van der Waals surface area contributed by atoms with Crippen molar-refractivity contribution in [3.8, 4) is 22.5 Å². The van der Waals surface area contributed by atoms with Crippen molar-refractivity contribution < 1.29 is 27.9 Å². The number of hydrogen-bond acceptors (Lipinski definition) is 8. The second-order valence-electron chi connectivity index (χ2n) is 11.3. The third-order valence-electron chi connectivity index (χ3n) is 8.03. The molecule has 1 aliphatic carbocycles. The lowest BCUT2D eigenvalue weighted by atomic mass is 9.81. The molecule has 1 fully saturated rings. The van der Waals surface area contributed by atoms with Crippen LogP contribution >= 0.6 is 0 Å². The predicted molar refractivity (Wildman–Crippen MR) is 169 cm³/mol. The molecule has 1 heterocycles. The molecule has 1 atom stereocenters. The van der Waals surface area contributed by atoms with Crippen molar-refractivity contribution in [3.63, 3.8) is 0 Å². The van der Waals surface area contributed by atoms with E-state index in [9.17, 15) is 22.8 Å². The van der Waals surface area contributed by atoms with Crippen molar-refractivity contribution in [1.29, 1.82) is 0 Å². The molecule has 15 heteroatoms. The van der Waals surface area contributed by atoms with E-state index in [2.05, 4.69) is 36.6 Å². The lowest BCUT2D eigenvalue weighted by Crippen LogP contribution is -2.48. The number of nitrogens with two attached hydrogens (primary N) is 1. The number of nitrogens with one attached hydrogen (secondary N) is 4. The lowest BCUT2D eigenvalue weighted by Gasteiger charge is -2.29. The number of carbonyl (C=O) groups is 3. The summed E-state index contributed by atoms with van der Waals surface area (Å²) in [5.41, 5.74) is 3.34. The molecular formula is C31H34N8O6S. The summed E-state index contributed by atoms with van der Waals surface area (Å²) in [7, 11) is -3.90. The number of aromatic amines is 1. The maximum Gasteiger partial charge on any atom is 0.404 e. The molecule has 46 heavy (non-hydrogen) atoms. The Morgan fingerprint density at radius 1 is 0.935 bits per heavy atom. The molecule has 0 spiro atoms. The Balaban J connectivity index is 1.33. The Hall–Kier alpha value is -5.15. The first-order chi connectivity index (χ1) is 22.0. The Bertz CT molecular complexity index is 1790. The second kappa shape index (κ2) is 14.3. The molecule has 1 aliphatic rings. The van der Waals surface area contributed by atoms with Gasteiger partial charge < -0.3 is 21.1 Å². The summed E-state index contributed by atoms with van der Waals surface area (Å²) in [6.07, 6.45) is 1.66. The van der Waals surface area contributed by atoms with Crippen molar-refractivity contribution >= 4 is 33.6 Å². The summed E-state index contributed by atoms with van der Waals surface area (Å²) < 4.78 is 23.8. The largest absolute Gasteiger partial charge is 0.465 e. The van der Waals surface area contributed by atoms with Gasteiger partial charge in [-0.2, -0.15) is 0 Å². The van der Waals surface area contributed by atoms with Gasteiger partial charge in [-0.05, 0) is 95.1 Å². The van der Waals surface area contributed by atoms with E-state index in [1.807, 2.05) is 18.2 Å². The highest BCUT2D eigenvalue weighted by Gasteiger charge is 2.30. The molecule has 0 bridgehead atoms. The number of hydrogen-bond donors (Lipinski definition) is 6. The van der Waals surface area contributed by atoms with Gasteiger partial charge >= 0.3 is 6.09 Å². The number of tetrazole rings is 1. The lowest BCUT2D eigenvalue weighted by molar-refractivity contribution is -0.130. The fourth-order valence-corrected chi connectivity index (χ4v) is 6.11. The first kappa shape index (κ1) is 32.2. The van der Waals surface area contributed by atoms with Crippen LogP contribution in [-0.2, 0) is 26.0 Å². The van der Waals surface area contributed by atoms with Crippen molar-refractivity contribution in [2.75, 3.05) is 11.9 Å². The van der Waals surface area contributed by atoms with E-state index in [0.29, 0.717) is 49.3 Å². The Morgan fingerprint density at radius 3 is 2.28 bits per heavy atom. The van der Waals surface area contributed by atoms with Crippen LogP contribution in [0.4, 0.5) is 10.5 Å². The summed E-state index contributed by atoms with van der Waals surface area (Å²) in [4.78, 5) is 37.9. The number of sulfonamides is 1. The zero-order valence-electron chi connectivity index (χ0n) is 24.7. The Kier molecular flexibility index (Phi) is 10.0. The fourth-order valence-electron chi connectivity index (χ4n) is 5.55. The number of H-pyrrole nitrogens is 1. The number of carboxylic acid groups (broad SMARTS) is 1. The maximum atomic E-state index is 13.7. The van der Waals surface area contributed by atoms with E-state index < -0.39 is 28.1 Å². The monoisotopic (exact) mass is 646 g/mol. The Labute approximate surface area is 265 Å². The van der Waals surface area contributed by atoms with Crippen LogP contribution in [0.15, 0.2) is 77.7 Å². The molecule has 1 aromatic heterocycles. The normalized spacial score (nSPS) is 17.1. The molecule has 0 radical (unpaired) electrons. The van der Waals surface area contributed by atoms with Crippen molar-refractivity contribution in [2.24, 2.45) is 17.0 Å². The van der Waals surface area contributed by atoms with Gasteiger partial charge in [0, 0.05) is 30.1 Å². The van der Waals surface area contributed by atoms with E-state index in [0.717, 1.165) is 16.7 Å². The summed E-state index contributed by atoms with van der Waals surface area (Å²) in [6.45, 7) is 0.344. The summed E-state index contributed by atoms with van der Waals surface area (Å²) in [5.74, 6) is -0.326. The minimum atomic E-state index is -3.90. The number of primary sulfonamides is 1. The van der Waals surface area contributed by atoms with Gasteiger partial charge in [0.2, 0.25) is 21.8 Å². The zero-order valence-corrected chi connectivity index (χ0v) is 25.5. The van der Waals surface area contributed by atoms with Crippen molar-refractivity contribution in [3.05, 3.63) is 78.4 Å². The summed E-state index contributed by atoms with van der Waals surface area (Å²) in [5, 5.41) is 36.2. The van der Waals surface area contributed by atoms with Crippen LogP contribution in [0.5, 0.6) is 0 Å². The molecule has 240 valence electrons. The molecule has 7 N–H and O–H groups in total. The van der Waals surface area contributed by atoms with Crippen LogP contribution in [0, 0.1) is 11.8 Å².